The highest BCUT2D eigenvalue weighted by atomic mass is 32.1. The van der Waals surface area contributed by atoms with E-state index in [-0.39, 0.29) is 0 Å². The Hall–Kier alpha value is -0.380. The molecular formula is C15H24N2S. The van der Waals surface area contributed by atoms with Crippen LogP contribution in [0.5, 0.6) is 0 Å². The number of hydrogen-bond acceptors (Lipinski definition) is 3. The van der Waals surface area contributed by atoms with E-state index < -0.39 is 0 Å². The molecule has 3 heteroatoms. The predicted octanol–water partition coefficient (Wildman–Crippen LogP) is 3.01. The molecule has 1 aromatic heterocycles. The second-order valence-corrected chi connectivity index (χ2v) is 6.79. The van der Waals surface area contributed by atoms with Crippen molar-refractivity contribution in [2.24, 2.45) is 11.7 Å². The second kappa shape index (κ2) is 5.72. The Morgan fingerprint density at radius 1 is 1.33 bits per heavy atom. The van der Waals surface area contributed by atoms with Gasteiger partial charge in [-0.25, -0.2) is 0 Å². The van der Waals surface area contributed by atoms with Crippen LogP contribution in [0.4, 0.5) is 0 Å². The van der Waals surface area contributed by atoms with Gasteiger partial charge in [-0.3, -0.25) is 4.90 Å². The Kier molecular flexibility index (Phi) is 4.02. The third-order valence-electron chi connectivity index (χ3n) is 4.74. The minimum atomic E-state index is 0.623. The summed E-state index contributed by atoms with van der Waals surface area (Å²) in [5.74, 6) is 0.851. The van der Waals surface area contributed by atoms with Crippen molar-refractivity contribution < 1.29 is 0 Å². The zero-order chi connectivity index (χ0) is 12.4. The smallest absolute Gasteiger partial charge is 0.0250 e. The molecule has 0 spiro atoms. The van der Waals surface area contributed by atoms with Crippen molar-refractivity contribution in [2.75, 3.05) is 13.1 Å². The lowest BCUT2D eigenvalue weighted by Gasteiger charge is -2.40. The van der Waals surface area contributed by atoms with Gasteiger partial charge in [0.1, 0.15) is 0 Å². The van der Waals surface area contributed by atoms with Gasteiger partial charge < -0.3 is 5.73 Å². The monoisotopic (exact) mass is 264 g/mol. The molecule has 2 heterocycles. The van der Waals surface area contributed by atoms with E-state index in [2.05, 4.69) is 16.3 Å². The Balaban J connectivity index is 1.69. The first-order valence-electron chi connectivity index (χ1n) is 7.38. The van der Waals surface area contributed by atoms with Gasteiger partial charge in [0.15, 0.2) is 0 Å². The largest absolute Gasteiger partial charge is 0.329 e. The SMILES string of the molecule is NCC(C1CCCCC1)N1CCc2sccc2C1. The normalized spacial score (nSPS) is 23.8. The van der Waals surface area contributed by atoms with Crippen molar-refractivity contribution >= 4 is 11.3 Å². The highest BCUT2D eigenvalue weighted by Gasteiger charge is 2.30. The Morgan fingerprint density at radius 3 is 2.94 bits per heavy atom. The molecule has 1 saturated carbocycles. The first kappa shape index (κ1) is 12.6. The van der Waals surface area contributed by atoms with Gasteiger partial charge in [-0.2, -0.15) is 0 Å². The van der Waals surface area contributed by atoms with Crippen LogP contribution < -0.4 is 5.73 Å². The van der Waals surface area contributed by atoms with Crippen LogP contribution in [-0.4, -0.2) is 24.0 Å². The highest BCUT2D eigenvalue weighted by molar-refractivity contribution is 7.10. The van der Waals surface area contributed by atoms with Gasteiger partial charge in [-0.05, 0) is 42.2 Å². The summed E-state index contributed by atoms with van der Waals surface area (Å²) in [4.78, 5) is 4.26. The van der Waals surface area contributed by atoms with Crippen LogP contribution in [0, 0.1) is 5.92 Å². The number of nitrogens with zero attached hydrogens (tertiary/aromatic N) is 1. The summed E-state index contributed by atoms with van der Waals surface area (Å²) >= 11 is 1.92. The first-order valence-corrected chi connectivity index (χ1v) is 8.26. The van der Waals surface area contributed by atoms with Gasteiger partial charge >= 0.3 is 0 Å². The van der Waals surface area contributed by atoms with Crippen molar-refractivity contribution in [3.63, 3.8) is 0 Å². The summed E-state index contributed by atoms with van der Waals surface area (Å²) in [7, 11) is 0. The summed E-state index contributed by atoms with van der Waals surface area (Å²) in [5, 5.41) is 2.24. The van der Waals surface area contributed by atoms with Crippen LogP contribution in [0.25, 0.3) is 0 Å². The lowest BCUT2D eigenvalue weighted by Crippen LogP contribution is -2.47. The summed E-state index contributed by atoms with van der Waals surface area (Å²) in [6, 6.07) is 2.93. The molecule has 18 heavy (non-hydrogen) atoms. The molecule has 0 amide bonds. The molecule has 0 radical (unpaired) electrons. The van der Waals surface area contributed by atoms with E-state index >= 15 is 0 Å². The molecule has 1 aliphatic heterocycles. The molecule has 2 N–H and O–H groups in total. The molecule has 1 unspecified atom stereocenters. The van der Waals surface area contributed by atoms with E-state index in [1.807, 2.05) is 11.3 Å². The van der Waals surface area contributed by atoms with E-state index in [1.54, 1.807) is 10.4 Å². The number of hydrogen-bond donors (Lipinski definition) is 1. The zero-order valence-electron chi connectivity index (χ0n) is 11.1. The van der Waals surface area contributed by atoms with Crippen molar-refractivity contribution in [2.45, 2.75) is 51.1 Å². The summed E-state index contributed by atoms with van der Waals surface area (Å²) in [6.45, 7) is 3.19. The third kappa shape index (κ3) is 2.49. The van der Waals surface area contributed by atoms with Crippen LogP contribution in [0.2, 0.25) is 0 Å². The molecule has 2 nitrogen and oxygen atoms in total. The van der Waals surface area contributed by atoms with Crippen molar-refractivity contribution in [3.05, 3.63) is 21.9 Å². The highest BCUT2D eigenvalue weighted by Crippen LogP contribution is 2.32. The van der Waals surface area contributed by atoms with Gasteiger partial charge in [0.05, 0.1) is 0 Å². The van der Waals surface area contributed by atoms with Crippen LogP contribution in [0.1, 0.15) is 42.5 Å². The maximum atomic E-state index is 6.09. The van der Waals surface area contributed by atoms with E-state index in [0.717, 1.165) is 19.0 Å². The van der Waals surface area contributed by atoms with Gasteiger partial charge in [-0.15, -0.1) is 11.3 Å². The van der Waals surface area contributed by atoms with E-state index in [0.29, 0.717) is 6.04 Å². The quantitative estimate of drug-likeness (QED) is 0.909. The van der Waals surface area contributed by atoms with Gasteiger partial charge in [0.2, 0.25) is 0 Å². The van der Waals surface area contributed by atoms with Gasteiger partial charge in [0.25, 0.3) is 0 Å². The van der Waals surface area contributed by atoms with Crippen LogP contribution in [-0.2, 0) is 13.0 Å². The predicted molar refractivity (Wildman–Crippen MR) is 77.9 cm³/mol. The number of thiophene rings is 1. The molecule has 0 aromatic carbocycles. The van der Waals surface area contributed by atoms with Gasteiger partial charge in [0, 0.05) is 30.6 Å². The molecule has 1 atom stereocenters. The van der Waals surface area contributed by atoms with Crippen molar-refractivity contribution in [1.29, 1.82) is 0 Å². The molecule has 1 aromatic rings. The van der Waals surface area contributed by atoms with Crippen LogP contribution in [0.3, 0.4) is 0 Å². The van der Waals surface area contributed by atoms with Crippen molar-refractivity contribution in [1.82, 2.24) is 4.90 Å². The Bertz CT molecular complexity index is 382. The maximum Gasteiger partial charge on any atom is 0.0250 e. The minimum Gasteiger partial charge on any atom is -0.329 e. The number of nitrogens with two attached hydrogens (primary N) is 1. The molecule has 0 bridgehead atoms. The number of fused-ring (bicyclic) bond motifs is 1. The molecule has 3 rings (SSSR count). The summed E-state index contributed by atoms with van der Waals surface area (Å²) in [6.07, 6.45) is 8.29. The zero-order valence-corrected chi connectivity index (χ0v) is 11.9. The molecule has 0 saturated heterocycles. The first-order chi connectivity index (χ1) is 8.88. The maximum absolute atomic E-state index is 6.09. The molecular weight excluding hydrogens is 240 g/mol. The van der Waals surface area contributed by atoms with E-state index in [4.69, 9.17) is 5.73 Å². The topological polar surface area (TPSA) is 29.3 Å². The fourth-order valence-corrected chi connectivity index (χ4v) is 4.60. The van der Waals surface area contributed by atoms with E-state index in [9.17, 15) is 0 Å². The van der Waals surface area contributed by atoms with Crippen molar-refractivity contribution in [3.8, 4) is 0 Å². The summed E-state index contributed by atoms with van der Waals surface area (Å²) in [5.41, 5.74) is 7.65. The lowest BCUT2D eigenvalue weighted by molar-refractivity contribution is 0.110. The molecule has 1 aliphatic carbocycles. The van der Waals surface area contributed by atoms with Crippen LogP contribution >= 0.6 is 11.3 Å². The molecule has 2 aliphatic rings. The van der Waals surface area contributed by atoms with E-state index in [1.165, 1.54) is 45.1 Å². The summed E-state index contributed by atoms with van der Waals surface area (Å²) < 4.78 is 0. The average molecular weight is 264 g/mol. The fourth-order valence-electron chi connectivity index (χ4n) is 3.71. The second-order valence-electron chi connectivity index (χ2n) is 5.79. The minimum absolute atomic E-state index is 0.623. The van der Waals surface area contributed by atoms with Crippen LogP contribution in [0.15, 0.2) is 11.4 Å². The molecule has 100 valence electrons. The lowest BCUT2D eigenvalue weighted by atomic mass is 9.82. The fraction of sp³-hybridized carbons (Fsp3) is 0.733. The average Bonchev–Trinajstić information content (AvgIpc) is 2.88. The third-order valence-corrected chi connectivity index (χ3v) is 5.76. The van der Waals surface area contributed by atoms with Gasteiger partial charge in [-0.1, -0.05) is 19.3 Å². The standard InChI is InChI=1S/C15H24N2S/c16-10-14(12-4-2-1-3-5-12)17-8-6-15-13(11-17)7-9-18-15/h7,9,12,14H,1-6,8,10-11,16H2. The number of rotatable bonds is 3. The Labute approximate surface area is 114 Å². The Morgan fingerprint density at radius 2 is 2.17 bits per heavy atom. The molecule has 1 fully saturated rings.